The van der Waals surface area contributed by atoms with E-state index in [2.05, 4.69) is 30.7 Å². The van der Waals surface area contributed by atoms with Crippen molar-refractivity contribution in [1.82, 2.24) is 20.4 Å². The molecule has 0 saturated carbocycles. The van der Waals surface area contributed by atoms with Gasteiger partial charge in [-0.2, -0.15) is 0 Å². The lowest BCUT2D eigenvalue weighted by molar-refractivity contribution is 0.411. The second kappa shape index (κ2) is 7.04. The molecule has 2 rings (SSSR count). The Morgan fingerprint density at radius 2 is 2.35 bits per heavy atom. The molecule has 2 heterocycles. The lowest BCUT2D eigenvalue weighted by atomic mass is 10.4. The standard InChI is InChI=1S/C13H19N5OS/c1-4-14-13(15-7-11-5-6-19-17-11)18(3)8-12-9-20-10(2)16-12/h5-6,9H,4,7-8H2,1-3H3,(H,14,15). The molecule has 0 radical (unpaired) electrons. The molecule has 20 heavy (non-hydrogen) atoms. The van der Waals surface area contributed by atoms with E-state index in [1.807, 2.05) is 27.0 Å². The fourth-order valence-corrected chi connectivity index (χ4v) is 2.35. The van der Waals surface area contributed by atoms with E-state index >= 15 is 0 Å². The molecule has 108 valence electrons. The quantitative estimate of drug-likeness (QED) is 0.675. The molecule has 7 heteroatoms. The number of guanidine groups is 1. The molecule has 0 saturated heterocycles. The first-order valence-corrected chi connectivity index (χ1v) is 7.36. The zero-order chi connectivity index (χ0) is 14.4. The van der Waals surface area contributed by atoms with Crippen molar-refractivity contribution in [2.24, 2.45) is 4.99 Å². The Bertz CT molecular complexity index is 549. The summed E-state index contributed by atoms with van der Waals surface area (Å²) in [5.41, 5.74) is 1.88. The second-order valence-electron chi connectivity index (χ2n) is 4.37. The average molecular weight is 293 g/mol. The van der Waals surface area contributed by atoms with E-state index in [0.717, 1.165) is 35.4 Å². The van der Waals surface area contributed by atoms with Crippen LogP contribution in [0.3, 0.4) is 0 Å². The maximum Gasteiger partial charge on any atom is 0.194 e. The van der Waals surface area contributed by atoms with Crippen molar-refractivity contribution in [3.05, 3.63) is 34.1 Å². The maximum absolute atomic E-state index is 4.80. The van der Waals surface area contributed by atoms with E-state index in [1.165, 1.54) is 0 Å². The molecular formula is C13H19N5OS. The van der Waals surface area contributed by atoms with Gasteiger partial charge in [0.1, 0.15) is 12.0 Å². The molecule has 0 aliphatic heterocycles. The third-order valence-electron chi connectivity index (χ3n) is 2.64. The smallest absolute Gasteiger partial charge is 0.194 e. The fraction of sp³-hybridized carbons (Fsp3) is 0.462. The molecule has 2 aromatic rings. The fourth-order valence-electron chi connectivity index (χ4n) is 1.74. The Morgan fingerprint density at radius 3 is 2.95 bits per heavy atom. The summed E-state index contributed by atoms with van der Waals surface area (Å²) in [5, 5.41) is 10.3. The Balaban J connectivity index is 2.01. The maximum atomic E-state index is 4.80. The molecule has 0 aromatic carbocycles. The van der Waals surface area contributed by atoms with E-state index in [-0.39, 0.29) is 0 Å². The van der Waals surface area contributed by atoms with Crippen LogP contribution in [0.5, 0.6) is 0 Å². The average Bonchev–Trinajstić information content (AvgIpc) is 3.06. The van der Waals surface area contributed by atoms with Gasteiger partial charge in [-0.1, -0.05) is 5.16 Å². The summed E-state index contributed by atoms with van der Waals surface area (Å²) in [7, 11) is 2.00. The lowest BCUT2D eigenvalue weighted by Crippen LogP contribution is -2.38. The SMILES string of the molecule is CCNC(=NCc1ccon1)N(C)Cc1csc(C)n1. The van der Waals surface area contributed by atoms with Gasteiger partial charge in [0.15, 0.2) is 5.96 Å². The summed E-state index contributed by atoms with van der Waals surface area (Å²) < 4.78 is 4.80. The van der Waals surface area contributed by atoms with E-state index in [0.29, 0.717) is 6.54 Å². The largest absolute Gasteiger partial charge is 0.364 e. The van der Waals surface area contributed by atoms with Crippen molar-refractivity contribution in [1.29, 1.82) is 0 Å². The minimum atomic E-state index is 0.499. The summed E-state index contributed by atoms with van der Waals surface area (Å²) in [6.45, 7) is 6.11. The zero-order valence-electron chi connectivity index (χ0n) is 12.0. The first kappa shape index (κ1) is 14.5. The van der Waals surface area contributed by atoms with Crippen LogP contribution in [0, 0.1) is 6.92 Å². The number of thiazole rings is 1. The zero-order valence-corrected chi connectivity index (χ0v) is 12.8. The van der Waals surface area contributed by atoms with E-state index in [4.69, 9.17) is 4.52 Å². The molecule has 0 spiro atoms. The van der Waals surface area contributed by atoms with Crippen molar-refractivity contribution in [2.45, 2.75) is 26.9 Å². The topological polar surface area (TPSA) is 66.6 Å². The molecule has 0 bridgehead atoms. The van der Waals surface area contributed by atoms with Gasteiger partial charge in [-0.25, -0.2) is 9.98 Å². The highest BCUT2D eigenvalue weighted by molar-refractivity contribution is 7.09. The number of aromatic nitrogens is 2. The molecule has 0 aliphatic rings. The Morgan fingerprint density at radius 1 is 1.50 bits per heavy atom. The predicted molar refractivity (Wildman–Crippen MR) is 79.6 cm³/mol. The van der Waals surface area contributed by atoms with Crippen LogP contribution < -0.4 is 5.32 Å². The van der Waals surface area contributed by atoms with Crippen molar-refractivity contribution in [3.63, 3.8) is 0 Å². The lowest BCUT2D eigenvalue weighted by Gasteiger charge is -2.20. The monoisotopic (exact) mass is 293 g/mol. The van der Waals surface area contributed by atoms with Gasteiger partial charge in [0.05, 0.1) is 23.8 Å². The molecule has 2 aromatic heterocycles. The van der Waals surface area contributed by atoms with Crippen LogP contribution in [0.15, 0.2) is 27.2 Å². The number of nitrogens with zero attached hydrogens (tertiary/aromatic N) is 4. The van der Waals surface area contributed by atoms with Crippen molar-refractivity contribution >= 4 is 17.3 Å². The summed E-state index contributed by atoms with van der Waals surface area (Å²) in [5.74, 6) is 0.834. The van der Waals surface area contributed by atoms with Gasteiger partial charge in [-0.15, -0.1) is 11.3 Å². The number of aliphatic imine (C=N–C) groups is 1. The molecule has 0 fully saturated rings. The highest BCUT2D eigenvalue weighted by Crippen LogP contribution is 2.10. The Hall–Kier alpha value is -1.89. The Labute approximate surface area is 122 Å². The van der Waals surface area contributed by atoms with Crippen LogP contribution in [-0.4, -0.2) is 34.6 Å². The highest BCUT2D eigenvalue weighted by atomic mass is 32.1. The van der Waals surface area contributed by atoms with E-state index < -0.39 is 0 Å². The molecular weight excluding hydrogens is 274 g/mol. The van der Waals surface area contributed by atoms with Gasteiger partial charge in [-0.05, 0) is 13.8 Å². The number of hydrogen-bond acceptors (Lipinski definition) is 5. The van der Waals surface area contributed by atoms with Crippen molar-refractivity contribution in [2.75, 3.05) is 13.6 Å². The molecule has 0 aliphatic carbocycles. The summed E-state index contributed by atoms with van der Waals surface area (Å²) in [6.07, 6.45) is 1.56. The second-order valence-corrected chi connectivity index (χ2v) is 5.44. The van der Waals surface area contributed by atoms with Gasteiger partial charge in [0.2, 0.25) is 0 Å². The van der Waals surface area contributed by atoms with Crippen LogP contribution in [0.25, 0.3) is 0 Å². The van der Waals surface area contributed by atoms with E-state index in [1.54, 1.807) is 17.6 Å². The predicted octanol–water partition coefficient (Wildman–Crippen LogP) is 2.04. The highest BCUT2D eigenvalue weighted by Gasteiger charge is 2.08. The minimum Gasteiger partial charge on any atom is -0.364 e. The van der Waals surface area contributed by atoms with Crippen LogP contribution in [-0.2, 0) is 13.1 Å². The summed E-state index contributed by atoms with van der Waals surface area (Å²) in [6, 6.07) is 1.82. The van der Waals surface area contributed by atoms with Crippen LogP contribution >= 0.6 is 11.3 Å². The van der Waals surface area contributed by atoms with Crippen LogP contribution in [0.4, 0.5) is 0 Å². The van der Waals surface area contributed by atoms with Crippen molar-refractivity contribution < 1.29 is 4.52 Å². The van der Waals surface area contributed by atoms with Gasteiger partial charge < -0.3 is 14.7 Å². The number of nitrogens with one attached hydrogen (secondary N) is 1. The number of hydrogen-bond donors (Lipinski definition) is 1. The van der Waals surface area contributed by atoms with Gasteiger partial charge in [-0.3, -0.25) is 0 Å². The third-order valence-corrected chi connectivity index (χ3v) is 3.47. The van der Waals surface area contributed by atoms with Crippen molar-refractivity contribution in [3.8, 4) is 0 Å². The molecule has 6 nitrogen and oxygen atoms in total. The van der Waals surface area contributed by atoms with Crippen LogP contribution in [0.1, 0.15) is 23.3 Å². The molecule has 0 amide bonds. The van der Waals surface area contributed by atoms with E-state index in [9.17, 15) is 0 Å². The normalized spacial score (nSPS) is 11.7. The molecule has 0 unspecified atom stereocenters. The minimum absolute atomic E-state index is 0.499. The molecule has 1 N–H and O–H groups in total. The Kier molecular flexibility index (Phi) is 5.11. The van der Waals surface area contributed by atoms with Gasteiger partial charge in [0.25, 0.3) is 0 Å². The summed E-state index contributed by atoms with van der Waals surface area (Å²) >= 11 is 1.66. The van der Waals surface area contributed by atoms with Gasteiger partial charge in [0, 0.05) is 25.0 Å². The number of rotatable bonds is 5. The third kappa shape index (κ3) is 4.06. The first-order chi connectivity index (χ1) is 9.69. The summed E-state index contributed by atoms with van der Waals surface area (Å²) in [4.78, 5) is 11.1. The van der Waals surface area contributed by atoms with Gasteiger partial charge >= 0.3 is 0 Å². The van der Waals surface area contributed by atoms with Crippen LogP contribution in [0.2, 0.25) is 0 Å². The molecule has 0 atom stereocenters. The first-order valence-electron chi connectivity index (χ1n) is 6.48. The number of aryl methyl sites for hydroxylation is 1.